The minimum absolute atomic E-state index is 0.319. The molecule has 1 aromatic heterocycles. The third-order valence-electron chi connectivity index (χ3n) is 2.98. The van der Waals surface area contributed by atoms with Crippen molar-refractivity contribution in [3.63, 3.8) is 0 Å². The van der Waals surface area contributed by atoms with Gasteiger partial charge in [-0.3, -0.25) is 0 Å². The molecule has 0 saturated carbocycles. The summed E-state index contributed by atoms with van der Waals surface area (Å²) in [6.45, 7) is 4.66. The quantitative estimate of drug-likeness (QED) is 0.897. The Morgan fingerprint density at radius 3 is 2.55 bits per heavy atom. The molecule has 0 saturated heterocycles. The fraction of sp³-hybridized carbons (Fsp3) is 0.333. The second-order valence-corrected chi connectivity index (χ2v) is 4.95. The zero-order valence-electron chi connectivity index (χ0n) is 11.4. The average Bonchev–Trinajstić information content (AvgIpc) is 2.83. The Hall–Kier alpha value is -1.75. The van der Waals surface area contributed by atoms with Crippen molar-refractivity contribution < 1.29 is 13.2 Å². The van der Waals surface area contributed by atoms with Crippen molar-refractivity contribution in [2.24, 2.45) is 0 Å². The number of benzene rings is 1. The minimum Gasteiger partial charge on any atom is -0.320 e. The molecule has 0 aliphatic heterocycles. The van der Waals surface area contributed by atoms with E-state index in [1.807, 2.05) is 26.0 Å². The predicted octanol–water partition coefficient (Wildman–Crippen LogP) is 3.99. The molecule has 0 radical (unpaired) electrons. The normalized spacial score (nSPS) is 12.1. The van der Waals surface area contributed by atoms with Crippen molar-refractivity contribution in [2.45, 2.75) is 32.6 Å². The molecular formula is C15H17F3N2. The van der Waals surface area contributed by atoms with Gasteiger partial charge in [0, 0.05) is 30.2 Å². The van der Waals surface area contributed by atoms with E-state index in [0.29, 0.717) is 18.3 Å². The zero-order chi connectivity index (χ0) is 14.8. The molecule has 0 spiro atoms. The Labute approximate surface area is 116 Å². The molecule has 1 N–H and O–H groups in total. The Morgan fingerprint density at radius 2 is 1.90 bits per heavy atom. The summed E-state index contributed by atoms with van der Waals surface area (Å²) in [4.78, 5) is 0. The van der Waals surface area contributed by atoms with E-state index in [0.717, 1.165) is 11.8 Å². The first-order valence-corrected chi connectivity index (χ1v) is 6.45. The van der Waals surface area contributed by atoms with Crippen LogP contribution < -0.4 is 5.32 Å². The standard InChI is InChI=1S/C15H17F3N2/c1-11(2)19-10-14-7-4-8-20(14)13-6-3-5-12(9-13)15(16,17)18/h3-9,11,19H,10H2,1-2H3. The summed E-state index contributed by atoms with van der Waals surface area (Å²) in [5, 5.41) is 3.26. The van der Waals surface area contributed by atoms with Gasteiger partial charge in [0.2, 0.25) is 0 Å². The molecular weight excluding hydrogens is 265 g/mol. The van der Waals surface area contributed by atoms with Gasteiger partial charge in [0.05, 0.1) is 5.56 Å². The zero-order valence-corrected chi connectivity index (χ0v) is 11.4. The van der Waals surface area contributed by atoms with Crippen LogP contribution in [0, 0.1) is 0 Å². The number of hydrogen-bond acceptors (Lipinski definition) is 1. The van der Waals surface area contributed by atoms with Crippen LogP contribution in [0.25, 0.3) is 5.69 Å². The van der Waals surface area contributed by atoms with Crippen molar-refractivity contribution in [1.29, 1.82) is 0 Å². The molecule has 1 heterocycles. The van der Waals surface area contributed by atoms with Crippen molar-refractivity contribution in [1.82, 2.24) is 9.88 Å². The largest absolute Gasteiger partial charge is 0.416 e. The topological polar surface area (TPSA) is 17.0 Å². The molecule has 0 aliphatic carbocycles. The van der Waals surface area contributed by atoms with Crippen LogP contribution >= 0.6 is 0 Å². The number of alkyl halides is 3. The highest BCUT2D eigenvalue weighted by Gasteiger charge is 2.30. The van der Waals surface area contributed by atoms with Gasteiger partial charge < -0.3 is 9.88 Å². The van der Waals surface area contributed by atoms with Gasteiger partial charge in [0.15, 0.2) is 0 Å². The predicted molar refractivity (Wildman–Crippen MR) is 72.7 cm³/mol. The van der Waals surface area contributed by atoms with Crippen LogP contribution in [0.3, 0.4) is 0 Å². The summed E-state index contributed by atoms with van der Waals surface area (Å²) in [5.74, 6) is 0. The van der Waals surface area contributed by atoms with Gasteiger partial charge in [-0.2, -0.15) is 13.2 Å². The van der Waals surface area contributed by atoms with Gasteiger partial charge >= 0.3 is 6.18 Å². The van der Waals surface area contributed by atoms with Crippen LogP contribution in [0.2, 0.25) is 0 Å². The first-order chi connectivity index (χ1) is 9.38. The molecule has 2 nitrogen and oxygen atoms in total. The Balaban J connectivity index is 2.30. The van der Waals surface area contributed by atoms with Crippen LogP contribution in [0.4, 0.5) is 13.2 Å². The summed E-state index contributed by atoms with van der Waals surface area (Å²) in [5.41, 5.74) is 0.815. The first kappa shape index (κ1) is 14.7. The van der Waals surface area contributed by atoms with E-state index in [9.17, 15) is 13.2 Å². The lowest BCUT2D eigenvalue weighted by Gasteiger charge is -2.14. The van der Waals surface area contributed by atoms with Gasteiger partial charge in [0.1, 0.15) is 0 Å². The van der Waals surface area contributed by atoms with E-state index in [1.54, 1.807) is 16.8 Å². The van der Waals surface area contributed by atoms with Crippen molar-refractivity contribution in [3.05, 3.63) is 53.9 Å². The van der Waals surface area contributed by atoms with E-state index in [1.165, 1.54) is 12.1 Å². The van der Waals surface area contributed by atoms with Gasteiger partial charge in [-0.25, -0.2) is 0 Å². The van der Waals surface area contributed by atoms with E-state index >= 15 is 0 Å². The van der Waals surface area contributed by atoms with Crippen LogP contribution in [0.1, 0.15) is 25.1 Å². The molecule has 1 aromatic carbocycles. The highest BCUT2D eigenvalue weighted by atomic mass is 19.4. The third kappa shape index (κ3) is 3.42. The maximum Gasteiger partial charge on any atom is 0.416 e. The van der Waals surface area contributed by atoms with E-state index in [-0.39, 0.29) is 0 Å². The summed E-state index contributed by atoms with van der Waals surface area (Å²) in [6, 6.07) is 9.40. The minimum atomic E-state index is -4.32. The molecule has 2 rings (SSSR count). The highest BCUT2D eigenvalue weighted by Crippen LogP contribution is 2.30. The molecule has 0 atom stereocenters. The van der Waals surface area contributed by atoms with Crippen LogP contribution in [-0.4, -0.2) is 10.6 Å². The summed E-state index contributed by atoms with van der Waals surface area (Å²) < 4.78 is 40.0. The maximum absolute atomic E-state index is 12.7. The van der Waals surface area contributed by atoms with E-state index in [4.69, 9.17) is 0 Å². The lowest BCUT2D eigenvalue weighted by Crippen LogP contribution is -2.23. The molecule has 0 unspecified atom stereocenters. The lowest BCUT2D eigenvalue weighted by atomic mass is 10.2. The summed E-state index contributed by atoms with van der Waals surface area (Å²) in [6.07, 6.45) is -2.55. The smallest absolute Gasteiger partial charge is 0.320 e. The van der Waals surface area contributed by atoms with Crippen molar-refractivity contribution in [2.75, 3.05) is 0 Å². The lowest BCUT2D eigenvalue weighted by molar-refractivity contribution is -0.137. The van der Waals surface area contributed by atoms with Crippen LogP contribution in [0.5, 0.6) is 0 Å². The van der Waals surface area contributed by atoms with Gasteiger partial charge in [-0.05, 0) is 30.3 Å². The fourth-order valence-electron chi connectivity index (χ4n) is 1.95. The number of hydrogen-bond donors (Lipinski definition) is 1. The molecule has 0 fully saturated rings. The Morgan fingerprint density at radius 1 is 1.15 bits per heavy atom. The van der Waals surface area contributed by atoms with Crippen molar-refractivity contribution >= 4 is 0 Å². The number of halogens is 3. The number of aromatic nitrogens is 1. The number of nitrogens with zero attached hydrogens (tertiary/aromatic N) is 1. The summed E-state index contributed by atoms with van der Waals surface area (Å²) >= 11 is 0. The van der Waals surface area contributed by atoms with Gasteiger partial charge in [-0.1, -0.05) is 19.9 Å². The molecule has 5 heteroatoms. The van der Waals surface area contributed by atoms with E-state index < -0.39 is 11.7 Å². The average molecular weight is 282 g/mol. The van der Waals surface area contributed by atoms with Gasteiger partial charge in [-0.15, -0.1) is 0 Å². The molecule has 0 bridgehead atoms. The summed E-state index contributed by atoms with van der Waals surface area (Å²) in [7, 11) is 0. The molecule has 20 heavy (non-hydrogen) atoms. The second-order valence-electron chi connectivity index (χ2n) is 4.95. The Bertz CT molecular complexity index is 570. The van der Waals surface area contributed by atoms with E-state index in [2.05, 4.69) is 5.32 Å². The Kier molecular flexibility index (Phi) is 4.18. The highest BCUT2D eigenvalue weighted by molar-refractivity contribution is 5.39. The number of nitrogens with one attached hydrogen (secondary N) is 1. The second kappa shape index (κ2) is 5.71. The van der Waals surface area contributed by atoms with Crippen LogP contribution in [0.15, 0.2) is 42.6 Å². The first-order valence-electron chi connectivity index (χ1n) is 6.45. The molecule has 108 valence electrons. The monoisotopic (exact) mass is 282 g/mol. The SMILES string of the molecule is CC(C)NCc1cccn1-c1cccc(C(F)(F)F)c1. The number of rotatable bonds is 4. The van der Waals surface area contributed by atoms with Gasteiger partial charge in [0.25, 0.3) is 0 Å². The van der Waals surface area contributed by atoms with Crippen LogP contribution in [-0.2, 0) is 12.7 Å². The fourth-order valence-corrected chi connectivity index (χ4v) is 1.95. The maximum atomic E-state index is 12.7. The molecule has 0 aliphatic rings. The molecule has 0 amide bonds. The molecule has 2 aromatic rings. The van der Waals surface area contributed by atoms with Crippen molar-refractivity contribution in [3.8, 4) is 5.69 Å². The third-order valence-corrected chi connectivity index (χ3v) is 2.98.